The smallest absolute Gasteiger partial charge is 0.148 e. The first-order valence-corrected chi connectivity index (χ1v) is 15.2. The maximum absolute atomic E-state index is 5.26. The molecule has 10 aromatic rings. The number of benzene rings is 7. The molecule has 3 heterocycles. The van der Waals surface area contributed by atoms with E-state index in [0.29, 0.717) is 0 Å². The summed E-state index contributed by atoms with van der Waals surface area (Å²) in [5.74, 6) is 0. The fourth-order valence-electron chi connectivity index (χ4n) is 8.11. The lowest BCUT2D eigenvalue weighted by molar-refractivity contribution is 1.19. The number of imidazole rings is 1. The van der Waals surface area contributed by atoms with Crippen molar-refractivity contribution in [2.75, 3.05) is 0 Å². The van der Waals surface area contributed by atoms with Gasteiger partial charge in [0.2, 0.25) is 0 Å². The highest BCUT2D eigenvalue weighted by molar-refractivity contribution is 6.34. The van der Waals surface area contributed by atoms with Crippen molar-refractivity contribution < 1.29 is 0 Å². The van der Waals surface area contributed by atoms with E-state index in [1.807, 2.05) is 0 Å². The van der Waals surface area contributed by atoms with E-state index in [-0.39, 0.29) is 0 Å². The molecular weight excluding hydrogens is 534 g/mol. The Bertz CT molecular complexity index is 2860. The molecule has 11 rings (SSSR count). The Morgan fingerprint density at radius 1 is 0.409 bits per heavy atom. The van der Waals surface area contributed by atoms with Gasteiger partial charge >= 0.3 is 0 Å². The lowest BCUT2D eigenvalue weighted by Gasteiger charge is -2.15. The minimum atomic E-state index is 0.992. The fraction of sp³-hybridized carbons (Fsp3) is 0. The van der Waals surface area contributed by atoms with Crippen LogP contribution in [0.4, 0.5) is 0 Å². The highest BCUT2D eigenvalue weighted by Crippen LogP contribution is 2.50. The van der Waals surface area contributed by atoms with Gasteiger partial charge in [0.25, 0.3) is 0 Å². The fourth-order valence-corrected chi connectivity index (χ4v) is 8.11. The lowest BCUT2D eigenvalue weighted by Crippen LogP contribution is -1.97. The summed E-state index contributed by atoms with van der Waals surface area (Å²) in [5, 5.41) is 10.1. The number of rotatable bonds is 1. The summed E-state index contributed by atoms with van der Waals surface area (Å²) in [6.45, 7) is 0. The van der Waals surface area contributed by atoms with Crippen LogP contribution in [0, 0.1) is 0 Å². The van der Waals surface area contributed by atoms with Gasteiger partial charge in [-0.15, -0.1) is 0 Å². The van der Waals surface area contributed by atoms with Gasteiger partial charge in [-0.1, -0.05) is 109 Å². The van der Waals surface area contributed by atoms with Gasteiger partial charge < -0.3 is 4.57 Å². The third kappa shape index (κ3) is 2.62. The van der Waals surface area contributed by atoms with Crippen LogP contribution in [0.15, 0.2) is 140 Å². The maximum Gasteiger partial charge on any atom is 0.148 e. The zero-order valence-electron chi connectivity index (χ0n) is 23.6. The van der Waals surface area contributed by atoms with Crippen molar-refractivity contribution in [3.8, 4) is 27.9 Å². The Hall–Kier alpha value is -5.93. The van der Waals surface area contributed by atoms with Crippen molar-refractivity contribution in [1.82, 2.24) is 14.0 Å². The van der Waals surface area contributed by atoms with Crippen molar-refractivity contribution in [2.45, 2.75) is 0 Å². The Labute approximate surface area is 251 Å². The number of hydrogen-bond donors (Lipinski definition) is 0. The molecule has 0 unspecified atom stereocenters. The van der Waals surface area contributed by atoms with Gasteiger partial charge in [-0.25, -0.2) is 4.98 Å². The first-order chi connectivity index (χ1) is 21.9. The second-order valence-electron chi connectivity index (χ2n) is 11.9. The summed E-state index contributed by atoms with van der Waals surface area (Å²) in [6.07, 6.45) is 2.20. The zero-order valence-corrected chi connectivity index (χ0v) is 23.6. The molecule has 0 bridgehead atoms. The predicted octanol–water partition coefficient (Wildman–Crippen LogP) is 10.7. The molecule has 3 heteroatoms. The largest absolute Gasteiger partial charge is 0.308 e. The number of fused-ring (bicyclic) bond motifs is 15. The highest BCUT2D eigenvalue weighted by atomic mass is 15.0. The van der Waals surface area contributed by atoms with E-state index in [4.69, 9.17) is 4.98 Å². The van der Waals surface area contributed by atoms with Crippen LogP contribution >= 0.6 is 0 Å². The molecule has 202 valence electrons. The average molecular weight is 558 g/mol. The zero-order chi connectivity index (χ0) is 28.5. The van der Waals surface area contributed by atoms with E-state index in [0.717, 1.165) is 16.7 Å². The summed E-state index contributed by atoms with van der Waals surface area (Å²) in [4.78, 5) is 5.26. The van der Waals surface area contributed by atoms with E-state index < -0.39 is 0 Å². The maximum atomic E-state index is 5.26. The van der Waals surface area contributed by atoms with Gasteiger partial charge in [0.1, 0.15) is 5.65 Å². The number of hydrogen-bond acceptors (Lipinski definition) is 1. The third-order valence-electron chi connectivity index (χ3n) is 9.84. The molecule has 1 aliphatic rings. The average Bonchev–Trinajstić information content (AvgIpc) is 3.74. The van der Waals surface area contributed by atoms with E-state index in [2.05, 4.69) is 149 Å². The quantitative estimate of drug-likeness (QED) is 0.184. The van der Waals surface area contributed by atoms with E-state index in [9.17, 15) is 0 Å². The monoisotopic (exact) mass is 557 g/mol. The van der Waals surface area contributed by atoms with Gasteiger partial charge in [-0.2, -0.15) is 0 Å². The van der Waals surface area contributed by atoms with Crippen LogP contribution in [0.25, 0.3) is 98.7 Å². The van der Waals surface area contributed by atoms with Crippen LogP contribution in [0.5, 0.6) is 0 Å². The van der Waals surface area contributed by atoms with Crippen molar-refractivity contribution in [3.63, 3.8) is 0 Å². The molecular formula is C41H23N3. The Kier molecular flexibility index (Phi) is 4.07. The highest BCUT2D eigenvalue weighted by Gasteiger charge is 2.26. The van der Waals surface area contributed by atoms with Crippen LogP contribution < -0.4 is 0 Å². The van der Waals surface area contributed by atoms with Gasteiger partial charge in [-0.3, -0.25) is 4.40 Å². The molecule has 0 fully saturated rings. The second-order valence-corrected chi connectivity index (χ2v) is 11.9. The van der Waals surface area contributed by atoms with Gasteiger partial charge in [-0.05, 0) is 68.1 Å². The normalized spacial score (nSPS) is 12.5. The molecule has 7 aromatic carbocycles. The standard InChI is InChI=1S/C41H23N3/c1-2-11-25-24(10-1)28-16-9-17-32-34(21-20-30(25)37(28)32)44-36-22-23-43-35-19-8-7-18-33(35)42-41(43)39(36)38-29-14-5-3-12-26(29)27-13-4-6-15-31(27)40(38)44/h1-23H. The van der Waals surface area contributed by atoms with Crippen molar-refractivity contribution >= 4 is 70.8 Å². The molecule has 0 saturated carbocycles. The number of pyridine rings is 1. The second kappa shape index (κ2) is 7.91. The predicted molar refractivity (Wildman–Crippen MR) is 184 cm³/mol. The molecule has 0 saturated heterocycles. The van der Waals surface area contributed by atoms with E-state index in [1.165, 1.54) is 82.1 Å². The number of para-hydroxylation sites is 2. The van der Waals surface area contributed by atoms with Crippen LogP contribution in [0.2, 0.25) is 0 Å². The Morgan fingerprint density at radius 3 is 1.89 bits per heavy atom. The van der Waals surface area contributed by atoms with Gasteiger partial charge in [0.05, 0.1) is 33.1 Å². The van der Waals surface area contributed by atoms with Gasteiger partial charge in [0, 0.05) is 22.4 Å². The summed E-state index contributed by atoms with van der Waals surface area (Å²) in [5.41, 5.74) is 12.0. The summed E-state index contributed by atoms with van der Waals surface area (Å²) in [7, 11) is 0. The summed E-state index contributed by atoms with van der Waals surface area (Å²) >= 11 is 0. The first kappa shape index (κ1) is 22.6. The van der Waals surface area contributed by atoms with Crippen molar-refractivity contribution in [2.24, 2.45) is 0 Å². The van der Waals surface area contributed by atoms with Crippen molar-refractivity contribution in [1.29, 1.82) is 0 Å². The third-order valence-corrected chi connectivity index (χ3v) is 9.84. The molecule has 3 aromatic heterocycles. The van der Waals surface area contributed by atoms with Crippen LogP contribution in [0.1, 0.15) is 0 Å². The summed E-state index contributed by atoms with van der Waals surface area (Å²) in [6, 6.07) is 48.7. The molecule has 0 atom stereocenters. The molecule has 0 N–H and O–H groups in total. The Balaban J connectivity index is 1.42. The van der Waals surface area contributed by atoms with Crippen LogP contribution in [-0.2, 0) is 0 Å². The molecule has 1 aliphatic carbocycles. The molecule has 44 heavy (non-hydrogen) atoms. The molecule has 0 aliphatic heterocycles. The minimum Gasteiger partial charge on any atom is -0.308 e. The number of aromatic nitrogens is 3. The summed E-state index contributed by atoms with van der Waals surface area (Å²) < 4.78 is 4.78. The Morgan fingerprint density at radius 2 is 1.05 bits per heavy atom. The topological polar surface area (TPSA) is 22.2 Å². The molecule has 3 nitrogen and oxygen atoms in total. The number of nitrogens with zero attached hydrogens (tertiary/aromatic N) is 3. The molecule has 0 amide bonds. The van der Waals surface area contributed by atoms with E-state index >= 15 is 0 Å². The lowest BCUT2D eigenvalue weighted by atomic mass is 9.97. The minimum absolute atomic E-state index is 0.992. The van der Waals surface area contributed by atoms with Crippen molar-refractivity contribution in [3.05, 3.63) is 140 Å². The van der Waals surface area contributed by atoms with Crippen LogP contribution in [-0.4, -0.2) is 14.0 Å². The van der Waals surface area contributed by atoms with Gasteiger partial charge in [0.15, 0.2) is 0 Å². The van der Waals surface area contributed by atoms with E-state index in [1.54, 1.807) is 0 Å². The SMILES string of the molecule is c1ccc2c(c1)-c1cccc3c(-n4c5ccn6c7ccccc7nc6c5c5c6ccccc6c6ccccc6c54)ccc-2c13. The van der Waals surface area contributed by atoms with Crippen LogP contribution in [0.3, 0.4) is 0 Å². The molecule has 0 radical (unpaired) electrons. The molecule has 0 spiro atoms. The first-order valence-electron chi connectivity index (χ1n) is 15.2.